The van der Waals surface area contributed by atoms with E-state index in [1.807, 2.05) is 50.2 Å². The summed E-state index contributed by atoms with van der Waals surface area (Å²) in [5.74, 6) is 1.46. The van der Waals surface area contributed by atoms with Gasteiger partial charge in [-0.25, -0.2) is 9.97 Å². The zero-order chi connectivity index (χ0) is 30.0. The van der Waals surface area contributed by atoms with Crippen LogP contribution in [0.3, 0.4) is 0 Å². The summed E-state index contributed by atoms with van der Waals surface area (Å²) in [7, 11) is 0. The van der Waals surface area contributed by atoms with E-state index in [1.54, 1.807) is 47.8 Å². The van der Waals surface area contributed by atoms with Crippen molar-refractivity contribution in [1.29, 1.82) is 0 Å². The van der Waals surface area contributed by atoms with Gasteiger partial charge in [0, 0.05) is 25.1 Å². The van der Waals surface area contributed by atoms with Crippen molar-refractivity contribution < 1.29 is 14.3 Å². The fraction of sp³-hybridized carbons (Fsp3) is 0.194. The van der Waals surface area contributed by atoms with Crippen LogP contribution >= 0.6 is 0 Å². The predicted octanol–water partition coefficient (Wildman–Crippen LogP) is 4.75. The van der Waals surface area contributed by atoms with E-state index in [-0.39, 0.29) is 24.4 Å². The zero-order valence-corrected chi connectivity index (χ0v) is 23.6. The van der Waals surface area contributed by atoms with Crippen LogP contribution in [0.25, 0.3) is 22.9 Å². The molecule has 0 unspecified atom stereocenters. The Morgan fingerprint density at radius 2 is 1.84 bits per heavy atom. The number of carbonyl (C=O) groups excluding carboxylic acids is 1. The maximum atomic E-state index is 13.0. The second-order valence-electron chi connectivity index (χ2n) is 10.4. The van der Waals surface area contributed by atoms with Crippen LogP contribution in [0.15, 0.2) is 90.3 Å². The quantitative estimate of drug-likeness (QED) is 0.198. The SMILES string of the molecule is C=CCN1C(=O)c2ccc(Nc3ncc(-c4nnc(-c5cccnc5)o4)c(N[C@H](CO)c4ccccc4)n3)nc2C1(C)C. The fourth-order valence-corrected chi connectivity index (χ4v) is 4.98. The van der Waals surface area contributed by atoms with Crippen LogP contribution in [0.4, 0.5) is 17.6 Å². The van der Waals surface area contributed by atoms with Gasteiger partial charge in [0.2, 0.25) is 11.8 Å². The number of fused-ring (bicyclic) bond motifs is 1. The molecule has 1 aliphatic heterocycles. The average molecular weight is 576 g/mol. The third-order valence-corrected chi connectivity index (χ3v) is 7.22. The van der Waals surface area contributed by atoms with Crippen LogP contribution in [0, 0.1) is 0 Å². The molecule has 43 heavy (non-hydrogen) atoms. The Bertz CT molecular complexity index is 1770. The fourth-order valence-electron chi connectivity index (χ4n) is 4.98. The summed E-state index contributed by atoms with van der Waals surface area (Å²) in [6.45, 7) is 7.90. The normalized spacial score (nSPS) is 14.3. The number of hydrogen-bond acceptors (Lipinski definition) is 11. The van der Waals surface area contributed by atoms with Gasteiger partial charge in [-0.15, -0.1) is 16.8 Å². The first kappa shape index (κ1) is 27.7. The van der Waals surface area contributed by atoms with Gasteiger partial charge in [0.25, 0.3) is 11.8 Å². The maximum Gasteiger partial charge on any atom is 0.256 e. The molecule has 0 saturated carbocycles. The molecule has 12 heteroatoms. The zero-order valence-electron chi connectivity index (χ0n) is 23.6. The van der Waals surface area contributed by atoms with Gasteiger partial charge in [-0.3, -0.25) is 9.78 Å². The minimum absolute atomic E-state index is 0.0905. The third kappa shape index (κ3) is 5.31. The minimum atomic E-state index is -0.621. The molecule has 1 aromatic carbocycles. The van der Waals surface area contributed by atoms with Crippen molar-refractivity contribution in [2.75, 3.05) is 23.8 Å². The summed E-state index contributed by atoms with van der Waals surface area (Å²) in [4.78, 5) is 32.8. The van der Waals surface area contributed by atoms with Crippen molar-refractivity contribution >= 4 is 23.5 Å². The predicted molar refractivity (Wildman–Crippen MR) is 160 cm³/mol. The molecule has 12 nitrogen and oxygen atoms in total. The van der Waals surface area contributed by atoms with Gasteiger partial charge < -0.3 is 25.1 Å². The molecule has 0 spiro atoms. The van der Waals surface area contributed by atoms with Crippen molar-refractivity contribution in [1.82, 2.24) is 35.0 Å². The van der Waals surface area contributed by atoms with E-state index in [2.05, 4.69) is 37.4 Å². The lowest BCUT2D eigenvalue weighted by atomic mass is 9.99. The summed E-state index contributed by atoms with van der Waals surface area (Å²) < 4.78 is 5.97. The highest BCUT2D eigenvalue weighted by Crippen LogP contribution is 2.38. The summed E-state index contributed by atoms with van der Waals surface area (Å²) in [6.07, 6.45) is 6.55. The lowest BCUT2D eigenvalue weighted by Crippen LogP contribution is -2.39. The van der Waals surface area contributed by atoms with Crippen LogP contribution in [0.1, 0.15) is 41.5 Å². The number of rotatable bonds is 10. The first-order chi connectivity index (χ1) is 20.9. The van der Waals surface area contributed by atoms with E-state index < -0.39 is 11.6 Å². The van der Waals surface area contributed by atoms with Gasteiger partial charge in [0.1, 0.15) is 11.6 Å². The Kier molecular flexibility index (Phi) is 7.34. The van der Waals surface area contributed by atoms with Crippen LogP contribution in [-0.2, 0) is 5.54 Å². The smallest absolute Gasteiger partial charge is 0.256 e. The molecule has 1 amide bonds. The topological polar surface area (TPSA) is 155 Å². The molecular weight excluding hydrogens is 546 g/mol. The largest absolute Gasteiger partial charge is 0.416 e. The molecule has 1 aliphatic rings. The van der Waals surface area contributed by atoms with Crippen LogP contribution in [0.2, 0.25) is 0 Å². The molecule has 0 bridgehead atoms. The minimum Gasteiger partial charge on any atom is -0.416 e. The molecular formula is C31H29N9O3. The van der Waals surface area contributed by atoms with Crippen molar-refractivity contribution in [3.63, 3.8) is 0 Å². The van der Waals surface area contributed by atoms with Gasteiger partial charge in [0.15, 0.2) is 0 Å². The van der Waals surface area contributed by atoms with E-state index in [1.165, 1.54) is 0 Å². The molecule has 5 heterocycles. The number of nitrogens with zero attached hydrogens (tertiary/aromatic N) is 7. The Hall–Kier alpha value is -5.49. The summed E-state index contributed by atoms with van der Waals surface area (Å²) in [5.41, 5.74) is 2.55. The second-order valence-corrected chi connectivity index (χ2v) is 10.4. The van der Waals surface area contributed by atoms with Crippen molar-refractivity contribution in [2.45, 2.75) is 25.4 Å². The highest BCUT2D eigenvalue weighted by Gasteiger charge is 2.43. The average Bonchev–Trinajstić information content (AvgIpc) is 3.59. The van der Waals surface area contributed by atoms with E-state index in [0.29, 0.717) is 46.5 Å². The summed E-state index contributed by atoms with van der Waals surface area (Å²) in [5, 5.41) is 25.1. The maximum absolute atomic E-state index is 13.0. The molecule has 0 fully saturated rings. The standard InChI is InChI=1S/C31H29N9O3/c1-4-15-40-29(42)21-12-13-24(35-25(21)31(40,2)3)36-30-33-17-22(28-39-38-27(43-28)20-11-8-14-32-16-20)26(37-30)34-23(18-41)19-9-6-5-7-10-19/h4-14,16-17,23,41H,1,15,18H2,2-3H3,(H2,33,34,35,36,37)/t23-/m1/s1. The lowest BCUT2D eigenvalue weighted by Gasteiger charge is -2.30. The van der Waals surface area contributed by atoms with Crippen molar-refractivity contribution in [3.8, 4) is 22.9 Å². The van der Waals surface area contributed by atoms with E-state index in [0.717, 1.165) is 5.56 Å². The first-order valence-corrected chi connectivity index (χ1v) is 13.6. The number of anilines is 3. The number of hydrogen-bond donors (Lipinski definition) is 3. The van der Waals surface area contributed by atoms with Crippen LogP contribution in [-0.4, -0.2) is 59.2 Å². The monoisotopic (exact) mass is 575 g/mol. The van der Waals surface area contributed by atoms with Crippen molar-refractivity contribution in [2.24, 2.45) is 0 Å². The molecule has 1 atom stereocenters. The van der Waals surface area contributed by atoms with Gasteiger partial charge in [-0.05, 0) is 43.7 Å². The molecule has 0 aliphatic carbocycles. The Morgan fingerprint density at radius 1 is 1.02 bits per heavy atom. The molecule has 6 rings (SSSR count). The lowest BCUT2D eigenvalue weighted by molar-refractivity contribution is 0.0649. The summed E-state index contributed by atoms with van der Waals surface area (Å²) in [6, 6.07) is 16.1. The van der Waals surface area contributed by atoms with Gasteiger partial charge in [-0.1, -0.05) is 36.4 Å². The number of benzene rings is 1. The Morgan fingerprint density at radius 3 is 2.58 bits per heavy atom. The second kappa shape index (κ2) is 11.4. The highest BCUT2D eigenvalue weighted by molar-refractivity contribution is 5.99. The molecule has 216 valence electrons. The van der Waals surface area contributed by atoms with Gasteiger partial charge >= 0.3 is 0 Å². The van der Waals surface area contributed by atoms with E-state index in [4.69, 9.17) is 14.4 Å². The molecule has 0 radical (unpaired) electrons. The molecule has 4 aromatic heterocycles. The molecule has 3 N–H and O–H groups in total. The number of carbonyl (C=O) groups is 1. The third-order valence-electron chi connectivity index (χ3n) is 7.22. The van der Waals surface area contributed by atoms with Crippen LogP contribution < -0.4 is 10.6 Å². The van der Waals surface area contributed by atoms with Crippen molar-refractivity contribution in [3.05, 3.63) is 103 Å². The van der Waals surface area contributed by atoms with Gasteiger partial charge in [-0.2, -0.15) is 4.98 Å². The van der Waals surface area contributed by atoms with Crippen LogP contribution in [0.5, 0.6) is 0 Å². The Balaban J connectivity index is 1.35. The van der Waals surface area contributed by atoms with E-state index in [9.17, 15) is 9.90 Å². The number of amides is 1. The molecule has 5 aromatic rings. The summed E-state index contributed by atoms with van der Waals surface area (Å²) >= 11 is 0. The number of aliphatic hydroxyl groups is 1. The first-order valence-electron chi connectivity index (χ1n) is 13.6. The van der Waals surface area contributed by atoms with E-state index >= 15 is 0 Å². The number of nitrogens with one attached hydrogen (secondary N) is 2. The number of pyridine rings is 2. The number of aliphatic hydroxyl groups excluding tert-OH is 1. The molecule has 0 saturated heterocycles. The number of aromatic nitrogens is 6. The van der Waals surface area contributed by atoms with Gasteiger partial charge in [0.05, 0.1) is 40.6 Å². The highest BCUT2D eigenvalue weighted by atomic mass is 16.4. The Labute approximate surface area is 247 Å².